The number of benzene rings is 1. The summed E-state index contributed by atoms with van der Waals surface area (Å²) in [6.45, 7) is 0.506. The lowest BCUT2D eigenvalue weighted by Gasteiger charge is -2.15. The van der Waals surface area contributed by atoms with Crippen LogP contribution in [0.2, 0.25) is 0 Å². The molecule has 1 amide bonds. The highest BCUT2D eigenvalue weighted by molar-refractivity contribution is 7.98. The normalized spacial score (nSPS) is 12.1. The maximum absolute atomic E-state index is 12.1. The first-order chi connectivity index (χ1) is 10.7. The van der Waals surface area contributed by atoms with Crippen LogP contribution in [-0.2, 0) is 6.54 Å². The van der Waals surface area contributed by atoms with Gasteiger partial charge in [0.25, 0.3) is 5.91 Å². The molecule has 0 saturated heterocycles. The van der Waals surface area contributed by atoms with Crippen LogP contribution < -0.4 is 5.32 Å². The minimum absolute atomic E-state index is 0.0519. The molecule has 118 valence electrons. The molecule has 0 aliphatic carbocycles. The van der Waals surface area contributed by atoms with Crippen molar-refractivity contribution in [2.75, 3.05) is 18.6 Å². The lowest BCUT2D eigenvalue weighted by molar-refractivity contribution is 0.0915. The molecular weight excluding hydrogens is 302 g/mol. The third-order valence-electron chi connectivity index (χ3n) is 3.18. The van der Waals surface area contributed by atoms with Crippen LogP contribution >= 0.6 is 11.8 Å². The molecule has 8 heteroatoms. The van der Waals surface area contributed by atoms with Crippen molar-refractivity contribution in [1.82, 2.24) is 25.5 Å². The first kappa shape index (κ1) is 16.4. The van der Waals surface area contributed by atoms with Gasteiger partial charge in [-0.1, -0.05) is 12.1 Å². The zero-order valence-corrected chi connectivity index (χ0v) is 13.2. The number of rotatable bonds is 8. The summed E-state index contributed by atoms with van der Waals surface area (Å²) in [6.07, 6.45) is 4.29. The highest BCUT2D eigenvalue weighted by Gasteiger charge is 2.12. The van der Waals surface area contributed by atoms with E-state index in [0.717, 1.165) is 17.7 Å². The van der Waals surface area contributed by atoms with Gasteiger partial charge in [0.1, 0.15) is 6.33 Å². The monoisotopic (exact) mass is 321 g/mol. The molecule has 22 heavy (non-hydrogen) atoms. The Morgan fingerprint density at radius 3 is 2.77 bits per heavy atom. The summed E-state index contributed by atoms with van der Waals surface area (Å²) >= 11 is 1.69. The van der Waals surface area contributed by atoms with Crippen molar-refractivity contribution in [3.8, 4) is 0 Å². The molecule has 0 spiro atoms. The molecule has 7 nitrogen and oxygen atoms in total. The number of hydrogen-bond donors (Lipinski definition) is 2. The van der Waals surface area contributed by atoms with Crippen LogP contribution in [0, 0.1) is 0 Å². The van der Waals surface area contributed by atoms with Gasteiger partial charge in [-0.25, -0.2) is 4.68 Å². The molecular formula is C14H19N5O2S. The van der Waals surface area contributed by atoms with Gasteiger partial charge in [0, 0.05) is 5.56 Å². The summed E-state index contributed by atoms with van der Waals surface area (Å²) in [7, 11) is 0. The van der Waals surface area contributed by atoms with Gasteiger partial charge in [0.15, 0.2) is 0 Å². The van der Waals surface area contributed by atoms with Gasteiger partial charge in [-0.2, -0.15) is 11.8 Å². The van der Waals surface area contributed by atoms with E-state index in [2.05, 4.69) is 20.8 Å². The Morgan fingerprint density at radius 2 is 2.18 bits per heavy atom. The molecule has 1 atom stereocenters. The number of thioether (sulfide) groups is 1. The zero-order valence-electron chi connectivity index (χ0n) is 12.3. The summed E-state index contributed by atoms with van der Waals surface area (Å²) in [5.74, 6) is 0.727. The average Bonchev–Trinajstić information content (AvgIpc) is 3.05. The van der Waals surface area contributed by atoms with Gasteiger partial charge in [-0.3, -0.25) is 4.79 Å². The van der Waals surface area contributed by atoms with Crippen LogP contribution in [0.15, 0.2) is 30.6 Å². The summed E-state index contributed by atoms with van der Waals surface area (Å²) in [6, 6.07) is 7.05. The molecule has 0 radical (unpaired) electrons. The van der Waals surface area contributed by atoms with E-state index in [1.54, 1.807) is 28.6 Å². The fourth-order valence-corrected chi connectivity index (χ4v) is 2.46. The minimum atomic E-state index is -0.208. The van der Waals surface area contributed by atoms with Crippen molar-refractivity contribution < 1.29 is 9.90 Å². The molecule has 2 aromatic rings. The SMILES string of the molecule is CSCCC(CO)NC(=O)c1ccc(Cn2cnnn2)cc1. The topological polar surface area (TPSA) is 92.9 Å². The Bertz CT molecular complexity index is 573. The zero-order chi connectivity index (χ0) is 15.8. The van der Waals surface area contributed by atoms with E-state index >= 15 is 0 Å². The first-order valence-electron chi connectivity index (χ1n) is 6.93. The predicted octanol–water partition coefficient (Wildman–Crippen LogP) is 0.565. The van der Waals surface area contributed by atoms with Crippen molar-refractivity contribution in [2.45, 2.75) is 19.0 Å². The van der Waals surface area contributed by atoms with E-state index in [1.165, 1.54) is 6.33 Å². The third-order valence-corrected chi connectivity index (χ3v) is 3.82. The standard InChI is InChI=1S/C14H19N5O2S/c1-22-7-6-13(9-20)16-14(21)12-4-2-11(3-5-12)8-19-10-15-17-18-19/h2-5,10,13,20H,6-9H2,1H3,(H,16,21). The number of carbonyl (C=O) groups is 1. The fraction of sp³-hybridized carbons (Fsp3) is 0.429. The first-order valence-corrected chi connectivity index (χ1v) is 8.32. The Balaban J connectivity index is 1.92. The van der Waals surface area contributed by atoms with E-state index in [-0.39, 0.29) is 18.6 Å². The second-order valence-corrected chi connectivity index (χ2v) is 5.82. The number of hydrogen-bond acceptors (Lipinski definition) is 6. The Kier molecular flexibility index (Phi) is 6.35. The van der Waals surface area contributed by atoms with Crippen LogP contribution in [0.25, 0.3) is 0 Å². The second-order valence-electron chi connectivity index (χ2n) is 4.84. The maximum Gasteiger partial charge on any atom is 0.251 e. The number of carbonyl (C=O) groups excluding carboxylic acids is 1. The molecule has 1 aromatic carbocycles. The lowest BCUT2D eigenvalue weighted by atomic mass is 10.1. The number of aliphatic hydroxyl groups excluding tert-OH is 1. The molecule has 0 saturated carbocycles. The molecule has 0 fully saturated rings. The fourth-order valence-electron chi connectivity index (χ4n) is 1.94. The van der Waals surface area contributed by atoms with E-state index in [1.807, 2.05) is 18.4 Å². The van der Waals surface area contributed by atoms with Crippen molar-refractivity contribution in [3.05, 3.63) is 41.7 Å². The summed E-state index contributed by atoms with van der Waals surface area (Å²) < 4.78 is 1.61. The van der Waals surface area contributed by atoms with Crippen LogP contribution in [-0.4, -0.2) is 55.9 Å². The molecule has 2 N–H and O–H groups in total. The minimum Gasteiger partial charge on any atom is -0.394 e. The number of amides is 1. The van der Waals surface area contributed by atoms with E-state index in [9.17, 15) is 9.90 Å². The Labute approximate surface area is 133 Å². The van der Waals surface area contributed by atoms with Gasteiger partial charge < -0.3 is 10.4 Å². The molecule has 0 aliphatic heterocycles. The molecule has 1 unspecified atom stereocenters. The number of nitrogens with one attached hydrogen (secondary N) is 1. The van der Waals surface area contributed by atoms with Crippen molar-refractivity contribution >= 4 is 17.7 Å². The van der Waals surface area contributed by atoms with Gasteiger partial charge in [-0.05, 0) is 46.6 Å². The molecule has 1 heterocycles. The highest BCUT2D eigenvalue weighted by atomic mass is 32.2. The number of tetrazole rings is 1. The largest absolute Gasteiger partial charge is 0.394 e. The van der Waals surface area contributed by atoms with E-state index in [0.29, 0.717) is 12.1 Å². The number of aliphatic hydroxyl groups is 1. The summed E-state index contributed by atoms with van der Waals surface area (Å²) in [4.78, 5) is 12.1. The molecule has 1 aromatic heterocycles. The summed E-state index contributed by atoms with van der Waals surface area (Å²) in [5.41, 5.74) is 1.58. The van der Waals surface area contributed by atoms with Gasteiger partial charge in [0.2, 0.25) is 0 Å². The van der Waals surface area contributed by atoms with Gasteiger partial charge in [0.05, 0.1) is 19.2 Å². The van der Waals surface area contributed by atoms with Crippen LogP contribution in [0.3, 0.4) is 0 Å². The van der Waals surface area contributed by atoms with Crippen molar-refractivity contribution in [2.24, 2.45) is 0 Å². The van der Waals surface area contributed by atoms with Crippen molar-refractivity contribution in [3.63, 3.8) is 0 Å². The average molecular weight is 321 g/mol. The third kappa shape index (κ3) is 4.81. The Hall–Kier alpha value is -1.93. The van der Waals surface area contributed by atoms with Gasteiger partial charge in [-0.15, -0.1) is 5.10 Å². The summed E-state index contributed by atoms with van der Waals surface area (Å²) in [5, 5.41) is 23.1. The smallest absolute Gasteiger partial charge is 0.251 e. The number of aromatic nitrogens is 4. The van der Waals surface area contributed by atoms with E-state index in [4.69, 9.17) is 0 Å². The number of nitrogens with zero attached hydrogens (tertiary/aromatic N) is 4. The molecule has 2 rings (SSSR count). The molecule has 0 aliphatic rings. The maximum atomic E-state index is 12.1. The van der Waals surface area contributed by atoms with Gasteiger partial charge >= 0.3 is 0 Å². The van der Waals surface area contributed by atoms with E-state index < -0.39 is 0 Å². The van der Waals surface area contributed by atoms with Crippen LogP contribution in [0.4, 0.5) is 0 Å². The lowest BCUT2D eigenvalue weighted by Crippen LogP contribution is -2.37. The van der Waals surface area contributed by atoms with Crippen LogP contribution in [0.1, 0.15) is 22.3 Å². The quantitative estimate of drug-likeness (QED) is 0.738. The van der Waals surface area contributed by atoms with Crippen LogP contribution in [0.5, 0.6) is 0 Å². The van der Waals surface area contributed by atoms with Crippen molar-refractivity contribution in [1.29, 1.82) is 0 Å². The second kappa shape index (κ2) is 8.50. The highest BCUT2D eigenvalue weighted by Crippen LogP contribution is 2.07. The molecule has 0 bridgehead atoms. The Morgan fingerprint density at radius 1 is 1.41 bits per heavy atom. The predicted molar refractivity (Wildman–Crippen MR) is 84.7 cm³/mol.